The van der Waals surface area contributed by atoms with Gasteiger partial charge in [-0.1, -0.05) is 17.7 Å². The third kappa shape index (κ3) is 2.12. The van der Waals surface area contributed by atoms with Crippen LogP contribution >= 0.6 is 11.6 Å². The summed E-state index contributed by atoms with van der Waals surface area (Å²) < 4.78 is 3.32. The van der Waals surface area contributed by atoms with Gasteiger partial charge in [0.2, 0.25) is 0 Å². The van der Waals surface area contributed by atoms with E-state index >= 15 is 0 Å². The lowest BCUT2D eigenvalue weighted by Crippen LogP contribution is -1.97. The largest absolute Gasteiger partial charge is 0.298 e. The molecule has 5 nitrogen and oxygen atoms in total. The number of carbonyl (C=O) groups is 1. The number of halogens is 1. The van der Waals surface area contributed by atoms with Crippen LogP contribution in [0.5, 0.6) is 0 Å². The Morgan fingerprint density at radius 3 is 2.80 bits per heavy atom. The van der Waals surface area contributed by atoms with E-state index in [1.54, 1.807) is 33.9 Å². The molecule has 0 aliphatic heterocycles. The smallest absolute Gasteiger partial charge is 0.153 e. The Labute approximate surface area is 120 Å². The summed E-state index contributed by atoms with van der Waals surface area (Å²) in [6.07, 6.45) is 4.14. The molecule has 0 aliphatic rings. The van der Waals surface area contributed by atoms with E-state index in [0.717, 1.165) is 17.7 Å². The Hall–Kier alpha value is -2.40. The lowest BCUT2D eigenvalue weighted by atomic mass is 10.2. The van der Waals surface area contributed by atoms with Gasteiger partial charge < -0.3 is 0 Å². The second-order valence-corrected chi connectivity index (χ2v) is 4.75. The monoisotopic (exact) mass is 286 g/mol. The van der Waals surface area contributed by atoms with Crippen molar-refractivity contribution in [2.45, 2.75) is 0 Å². The summed E-state index contributed by atoms with van der Waals surface area (Å²) in [6, 6.07) is 9.11. The molecule has 0 aliphatic carbocycles. The van der Waals surface area contributed by atoms with Crippen LogP contribution in [-0.4, -0.2) is 25.8 Å². The van der Waals surface area contributed by atoms with Gasteiger partial charge in [0.25, 0.3) is 0 Å². The van der Waals surface area contributed by atoms with E-state index in [0.29, 0.717) is 16.3 Å². The summed E-state index contributed by atoms with van der Waals surface area (Å²) in [5, 5.41) is 9.17. The molecule has 2 heterocycles. The zero-order valence-electron chi connectivity index (χ0n) is 10.7. The molecule has 0 N–H and O–H groups in total. The van der Waals surface area contributed by atoms with Crippen molar-refractivity contribution in [1.82, 2.24) is 19.6 Å². The molecule has 0 bridgehead atoms. The lowest BCUT2D eigenvalue weighted by Gasteiger charge is -2.01. The average Bonchev–Trinajstić information content (AvgIpc) is 3.04. The zero-order valence-corrected chi connectivity index (χ0v) is 11.4. The molecule has 0 amide bonds. The first-order valence-electron chi connectivity index (χ1n) is 5.98. The van der Waals surface area contributed by atoms with E-state index in [4.69, 9.17) is 11.6 Å². The molecule has 0 atom stereocenters. The maximum absolute atomic E-state index is 11.2. The number of aromatic nitrogens is 4. The summed E-state index contributed by atoms with van der Waals surface area (Å²) in [5.74, 6) is 0. The summed E-state index contributed by atoms with van der Waals surface area (Å²) in [7, 11) is 1.81. The number of aldehydes is 1. The van der Waals surface area contributed by atoms with Crippen LogP contribution in [0.4, 0.5) is 0 Å². The van der Waals surface area contributed by atoms with Gasteiger partial charge in [0.1, 0.15) is 5.69 Å². The summed E-state index contributed by atoms with van der Waals surface area (Å²) in [6.45, 7) is 0. The van der Waals surface area contributed by atoms with Gasteiger partial charge in [-0.05, 0) is 24.3 Å². The van der Waals surface area contributed by atoms with Crippen LogP contribution < -0.4 is 0 Å². The first-order valence-corrected chi connectivity index (χ1v) is 6.36. The molecule has 0 spiro atoms. The lowest BCUT2D eigenvalue weighted by molar-refractivity contribution is 0.112. The maximum Gasteiger partial charge on any atom is 0.153 e. The molecule has 20 heavy (non-hydrogen) atoms. The van der Waals surface area contributed by atoms with Gasteiger partial charge in [-0.25, -0.2) is 4.68 Å². The van der Waals surface area contributed by atoms with Crippen LogP contribution in [0.2, 0.25) is 5.02 Å². The maximum atomic E-state index is 11.2. The van der Waals surface area contributed by atoms with E-state index < -0.39 is 0 Å². The fourth-order valence-electron chi connectivity index (χ4n) is 2.03. The van der Waals surface area contributed by atoms with Gasteiger partial charge in [0.05, 0.1) is 16.9 Å². The quantitative estimate of drug-likeness (QED) is 0.696. The molecule has 1 aromatic carbocycles. The molecule has 0 fully saturated rings. The molecule has 0 unspecified atom stereocenters. The minimum Gasteiger partial charge on any atom is -0.298 e. The van der Waals surface area contributed by atoms with E-state index in [2.05, 4.69) is 10.2 Å². The van der Waals surface area contributed by atoms with Crippen LogP contribution in [0.15, 0.2) is 42.7 Å². The van der Waals surface area contributed by atoms with Gasteiger partial charge in [-0.15, -0.1) is 0 Å². The van der Waals surface area contributed by atoms with Crippen LogP contribution in [0, 0.1) is 0 Å². The van der Waals surface area contributed by atoms with Gasteiger partial charge in [-0.2, -0.15) is 10.2 Å². The van der Waals surface area contributed by atoms with Gasteiger partial charge in [-0.3, -0.25) is 9.48 Å². The van der Waals surface area contributed by atoms with Crippen molar-refractivity contribution in [3.05, 3.63) is 53.3 Å². The third-order valence-electron chi connectivity index (χ3n) is 3.01. The highest BCUT2D eigenvalue weighted by molar-refractivity contribution is 6.30. The van der Waals surface area contributed by atoms with Crippen LogP contribution in [0.25, 0.3) is 17.1 Å². The molecule has 3 aromatic rings. The minimum absolute atomic E-state index is 0.508. The number of nitrogens with zero attached hydrogens (tertiary/aromatic N) is 4. The molecule has 0 radical (unpaired) electrons. The van der Waals surface area contributed by atoms with Gasteiger partial charge in [0.15, 0.2) is 6.29 Å². The first kappa shape index (κ1) is 12.6. The number of hydrogen-bond acceptors (Lipinski definition) is 3. The summed E-state index contributed by atoms with van der Waals surface area (Å²) >= 11 is 5.98. The molecular formula is C14H11ClN4O. The second kappa shape index (κ2) is 4.94. The Kier molecular flexibility index (Phi) is 3.12. The van der Waals surface area contributed by atoms with E-state index in [1.807, 2.05) is 25.2 Å². The van der Waals surface area contributed by atoms with Crippen molar-refractivity contribution < 1.29 is 4.79 Å². The van der Waals surface area contributed by atoms with Crippen LogP contribution in [-0.2, 0) is 7.05 Å². The molecule has 2 aromatic heterocycles. The molecule has 0 saturated carbocycles. The second-order valence-electron chi connectivity index (χ2n) is 4.32. The SMILES string of the molecule is Cn1nccc1-c1nn(-c2cccc(Cl)c2)cc1C=O. The molecular weight excluding hydrogens is 276 g/mol. The van der Waals surface area contributed by atoms with Crippen molar-refractivity contribution in [2.24, 2.45) is 7.05 Å². The Balaban J connectivity index is 2.14. The average molecular weight is 287 g/mol. The highest BCUT2D eigenvalue weighted by Gasteiger charge is 2.14. The zero-order chi connectivity index (χ0) is 14.1. The fraction of sp³-hybridized carbons (Fsp3) is 0.0714. The number of aryl methyl sites for hydroxylation is 1. The topological polar surface area (TPSA) is 52.7 Å². The molecule has 0 saturated heterocycles. The third-order valence-corrected chi connectivity index (χ3v) is 3.24. The molecule has 6 heteroatoms. The van der Waals surface area contributed by atoms with Crippen molar-refractivity contribution in [2.75, 3.05) is 0 Å². The van der Waals surface area contributed by atoms with E-state index in [1.165, 1.54) is 0 Å². The van der Waals surface area contributed by atoms with Crippen LogP contribution in [0.1, 0.15) is 10.4 Å². The van der Waals surface area contributed by atoms with Crippen molar-refractivity contribution in [1.29, 1.82) is 0 Å². The molecule has 3 rings (SSSR count). The fourth-order valence-corrected chi connectivity index (χ4v) is 2.21. The predicted octanol–water partition coefficient (Wildman–Crippen LogP) is 2.74. The Morgan fingerprint density at radius 2 is 2.15 bits per heavy atom. The van der Waals surface area contributed by atoms with Crippen molar-refractivity contribution >= 4 is 17.9 Å². The standard InChI is InChI=1S/C14H11ClN4O/c1-18-13(5-6-16-18)14-10(9-20)8-19(17-14)12-4-2-3-11(15)7-12/h2-9H,1H3. The number of hydrogen-bond donors (Lipinski definition) is 0. The highest BCUT2D eigenvalue weighted by Crippen LogP contribution is 2.22. The first-order chi connectivity index (χ1) is 9.69. The number of rotatable bonds is 3. The normalized spacial score (nSPS) is 10.7. The van der Waals surface area contributed by atoms with Gasteiger partial charge >= 0.3 is 0 Å². The van der Waals surface area contributed by atoms with Gasteiger partial charge in [0, 0.05) is 24.5 Å². The Bertz CT molecular complexity index is 775. The predicted molar refractivity (Wildman–Crippen MR) is 76.2 cm³/mol. The number of benzene rings is 1. The summed E-state index contributed by atoms with van der Waals surface area (Å²) in [5.41, 5.74) is 2.69. The Morgan fingerprint density at radius 1 is 1.30 bits per heavy atom. The van der Waals surface area contributed by atoms with Crippen molar-refractivity contribution in [3.63, 3.8) is 0 Å². The molecule has 100 valence electrons. The minimum atomic E-state index is 0.508. The van der Waals surface area contributed by atoms with Crippen molar-refractivity contribution in [3.8, 4) is 17.1 Å². The van der Waals surface area contributed by atoms with E-state index in [-0.39, 0.29) is 0 Å². The summed E-state index contributed by atoms with van der Waals surface area (Å²) in [4.78, 5) is 11.2. The highest BCUT2D eigenvalue weighted by atomic mass is 35.5. The van der Waals surface area contributed by atoms with Crippen LogP contribution in [0.3, 0.4) is 0 Å². The van der Waals surface area contributed by atoms with E-state index in [9.17, 15) is 4.79 Å². The number of carbonyl (C=O) groups excluding carboxylic acids is 1.